The molecule has 0 aliphatic rings. The molecule has 0 unspecified atom stereocenters. The summed E-state index contributed by atoms with van der Waals surface area (Å²) in [5.74, 6) is 0.919. The lowest BCUT2D eigenvalue weighted by Crippen LogP contribution is -2.11. The third-order valence-electron chi connectivity index (χ3n) is 2.91. The molecule has 7 nitrogen and oxygen atoms in total. The molecule has 22 heavy (non-hydrogen) atoms. The third kappa shape index (κ3) is 3.45. The Kier molecular flexibility index (Phi) is 4.05. The number of para-hydroxylation sites is 1. The quantitative estimate of drug-likeness (QED) is 0.751. The molecule has 7 heteroatoms. The van der Waals surface area contributed by atoms with Crippen LogP contribution in [-0.4, -0.2) is 26.5 Å². The minimum absolute atomic E-state index is 0.170. The number of hydrogen-bond donors (Lipinski definition) is 2. The lowest BCUT2D eigenvalue weighted by atomic mass is 10.2. The summed E-state index contributed by atoms with van der Waals surface area (Å²) >= 11 is 0. The van der Waals surface area contributed by atoms with Crippen molar-refractivity contribution >= 4 is 11.6 Å². The average Bonchev–Trinajstić information content (AvgIpc) is 3.08. The van der Waals surface area contributed by atoms with Crippen LogP contribution in [0.1, 0.15) is 16.2 Å². The maximum atomic E-state index is 12.1. The third-order valence-corrected chi connectivity index (χ3v) is 2.91. The molecule has 3 rings (SSSR count). The van der Waals surface area contributed by atoms with Crippen molar-refractivity contribution in [2.75, 3.05) is 5.32 Å². The Morgan fingerprint density at radius 3 is 2.55 bits per heavy atom. The summed E-state index contributed by atoms with van der Waals surface area (Å²) in [4.78, 5) is 12.1. The van der Waals surface area contributed by atoms with Crippen LogP contribution in [0, 0.1) is 0 Å². The summed E-state index contributed by atoms with van der Waals surface area (Å²) in [7, 11) is 0. The second-order valence-electron chi connectivity index (χ2n) is 4.46. The Balaban J connectivity index is 1.60. The topological polar surface area (TPSA) is 92.8 Å². The molecule has 0 aliphatic carbocycles. The molecule has 0 saturated heterocycles. The molecule has 2 aromatic carbocycles. The van der Waals surface area contributed by atoms with Gasteiger partial charge in [0.05, 0.1) is 0 Å². The molecule has 0 atom stereocenters. The van der Waals surface area contributed by atoms with E-state index in [9.17, 15) is 4.79 Å². The molecule has 1 heterocycles. The first-order chi connectivity index (χ1) is 10.8. The Labute approximate surface area is 126 Å². The highest BCUT2D eigenvalue weighted by molar-refractivity contribution is 6.04. The molecule has 0 fully saturated rings. The van der Waals surface area contributed by atoms with Crippen molar-refractivity contribution in [1.29, 1.82) is 0 Å². The molecule has 1 amide bonds. The van der Waals surface area contributed by atoms with Crippen molar-refractivity contribution in [3.63, 3.8) is 0 Å². The number of hydrogen-bond acceptors (Lipinski definition) is 5. The van der Waals surface area contributed by atoms with Gasteiger partial charge in [-0.3, -0.25) is 4.79 Å². The first-order valence-electron chi connectivity index (χ1n) is 6.63. The van der Waals surface area contributed by atoms with Gasteiger partial charge in [0.25, 0.3) is 5.91 Å². The van der Waals surface area contributed by atoms with E-state index in [2.05, 4.69) is 25.9 Å². The van der Waals surface area contributed by atoms with Crippen LogP contribution in [0.2, 0.25) is 0 Å². The van der Waals surface area contributed by atoms with Crippen molar-refractivity contribution in [3.8, 4) is 5.75 Å². The lowest BCUT2D eigenvalue weighted by molar-refractivity contribution is 0.102. The van der Waals surface area contributed by atoms with Crippen molar-refractivity contribution in [2.45, 2.75) is 6.61 Å². The SMILES string of the molecule is O=C(Nc1ccccc1)c1ccc(OCc2nn[nH]n2)cc1. The van der Waals surface area contributed by atoms with E-state index < -0.39 is 0 Å². The fourth-order valence-electron chi connectivity index (χ4n) is 1.82. The first-order valence-corrected chi connectivity index (χ1v) is 6.63. The minimum Gasteiger partial charge on any atom is -0.485 e. The highest BCUT2D eigenvalue weighted by Crippen LogP contribution is 2.15. The summed E-state index contributed by atoms with van der Waals surface area (Å²) in [6, 6.07) is 16.1. The van der Waals surface area contributed by atoms with Crippen LogP contribution >= 0.6 is 0 Å². The number of carbonyl (C=O) groups excluding carboxylic acids is 1. The van der Waals surface area contributed by atoms with E-state index in [4.69, 9.17) is 4.74 Å². The second kappa shape index (κ2) is 6.49. The number of rotatable bonds is 5. The molecule has 0 radical (unpaired) electrons. The number of amides is 1. The number of tetrazole rings is 1. The molecular formula is C15H13N5O2. The number of carbonyl (C=O) groups is 1. The highest BCUT2D eigenvalue weighted by Gasteiger charge is 2.06. The maximum absolute atomic E-state index is 12.1. The second-order valence-corrected chi connectivity index (χ2v) is 4.46. The smallest absolute Gasteiger partial charge is 0.255 e. The number of nitrogens with zero attached hydrogens (tertiary/aromatic N) is 3. The van der Waals surface area contributed by atoms with Crippen LogP contribution < -0.4 is 10.1 Å². The van der Waals surface area contributed by atoms with Gasteiger partial charge in [-0.15, -0.1) is 10.2 Å². The lowest BCUT2D eigenvalue weighted by Gasteiger charge is -2.06. The Morgan fingerprint density at radius 2 is 1.86 bits per heavy atom. The zero-order chi connectivity index (χ0) is 15.2. The average molecular weight is 295 g/mol. The van der Waals surface area contributed by atoms with E-state index in [1.807, 2.05) is 30.3 Å². The van der Waals surface area contributed by atoms with E-state index in [1.54, 1.807) is 24.3 Å². The maximum Gasteiger partial charge on any atom is 0.255 e. The van der Waals surface area contributed by atoms with Gasteiger partial charge < -0.3 is 10.1 Å². The number of aromatic nitrogens is 4. The van der Waals surface area contributed by atoms with Gasteiger partial charge in [-0.2, -0.15) is 5.21 Å². The number of H-pyrrole nitrogens is 1. The molecular weight excluding hydrogens is 282 g/mol. The van der Waals surface area contributed by atoms with Crippen molar-refractivity contribution in [2.24, 2.45) is 0 Å². The highest BCUT2D eigenvalue weighted by atomic mass is 16.5. The zero-order valence-corrected chi connectivity index (χ0v) is 11.6. The monoisotopic (exact) mass is 295 g/mol. The van der Waals surface area contributed by atoms with E-state index in [1.165, 1.54) is 0 Å². The Morgan fingerprint density at radius 1 is 1.09 bits per heavy atom. The molecule has 110 valence electrons. The van der Waals surface area contributed by atoms with Gasteiger partial charge in [0, 0.05) is 11.3 Å². The van der Waals surface area contributed by atoms with E-state index in [-0.39, 0.29) is 12.5 Å². The van der Waals surface area contributed by atoms with Crippen LogP contribution in [0.25, 0.3) is 0 Å². The fraction of sp³-hybridized carbons (Fsp3) is 0.0667. The Hall–Kier alpha value is -3.22. The van der Waals surface area contributed by atoms with Crippen LogP contribution in [0.3, 0.4) is 0 Å². The van der Waals surface area contributed by atoms with Gasteiger partial charge >= 0.3 is 0 Å². The molecule has 3 aromatic rings. The number of aromatic amines is 1. The van der Waals surface area contributed by atoms with Crippen LogP contribution in [0.4, 0.5) is 5.69 Å². The number of anilines is 1. The summed E-state index contributed by atoms with van der Waals surface area (Å²) in [5.41, 5.74) is 1.31. The van der Waals surface area contributed by atoms with Gasteiger partial charge in [0.2, 0.25) is 5.82 Å². The van der Waals surface area contributed by atoms with Crippen molar-refractivity contribution in [3.05, 3.63) is 66.0 Å². The summed E-state index contributed by atoms with van der Waals surface area (Å²) in [5, 5.41) is 16.2. The van der Waals surface area contributed by atoms with Crippen LogP contribution in [0.15, 0.2) is 54.6 Å². The van der Waals surface area contributed by atoms with Crippen LogP contribution in [0.5, 0.6) is 5.75 Å². The van der Waals surface area contributed by atoms with Crippen LogP contribution in [-0.2, 0) is 6.61 Å². The van der Waals surface area contributed by atoms with Gasteiger partial charge in [-0.25, -0.2) is 0 Å². The predicted molar refractivity (Wildman–Crippen MR) is 79.3 cm³/mol. The van der Waals surface area contributed by atoms with Gasteiger partial charge in [-0.1, -0.05) is 23.4 Å². The Bertz CT molecular complexity index is 726. The molecule has 0 aliphatic heterocycles. The normalized spacial score (nSPS) is 10.2. The minimum atomic E-state index is -0.170. The number of benzene rings is 2. The van der Waals surface area contributed by atoms with Crippen molar-refractivity contribution < 1.29 is 9.53 Å². The van der Waals surface area contributed by atoms with Gasteiger partial charge in [0.1, 0.15) is 5.75 Å². The predicted octanol–water partition coefficient (Wildman–Crippen LogP) is 2.03. The van der Waals surface area contributed by atoms with E-state index >= 15 is 0 Å². The molecule has 0 spiro atoms. The molecule has 2 N–H and O–H groups in total. The first kappa shape index (κ1) is 13.7. The standard InChI is InChI=1S/C15H13N5O2/c21-15(16-12-4-2-1-3-5-12)11-6-8-13(9-7-11)22-10-14-17-19-20-18-14/h1-9H,10H2,(H,16,21)(H,17,18,19,20). The number of ether oxygens (including phenoxy) is 1. The largest absolute Gasteiger partial charge is 0.485 e. The van der Waals surface area contributed by atoms with E-state index in [0.29, 0.717) is 17.1 Å². The number of nitrogens with one attached hydrogen (secondary N) is 2. The van der Waals surface area contributed by atoms with Gasteiger partial charge in [-0.05, 0) is 36.4 Å². The summed E-state index contributed by atoms with van der Waals surface area (Å²) in [6.45, 7) is 0.214. The zero-order valence-electron chi connectivity index (χ0n) is 11.6. The molecule has 0 bridgehead atoms. The molecule has 0 saturated carbocycles. The summed E-state index contributed by atoms with van der Waals surface area (Å²) in [6.07, 6.45) is 0. The van der Waals surface area contributed by atoms with E-state index in [0.717, 1.165) is 5.69 Å². The van der Waals surface area contributed by atoms with Gasteiger partial charge in [0.15, 0.2) is 6.61 Å². The summed E-state index contributed by atoms with van der Waals surface area (Å²) < 4.78 is 5.49. The molecule has 1 aromatic heterocycles. The fourth-order valence-corrected chi connectivity index (χ4v) is 1.82. The van der Waals surface area contributed by atoms with Crippen molar-refractivity contribution in [1.82, 2.24) is 20.6 Å².